The standard InChI is InChI=1S/C13H19NO3/c15-11-5-4-9-14(13(16)17)10-8-12-6-2-1-3-7-12/h1-3,6-7,15H,4-5,8-11H2,(H,16,17). The second-order valence-corrected chi connectivity index (χ2v) is 3.94. The van der Waals surface area contributed by atoms with Crippen molar-refractivity contribution in [2.75, 3.05) is 19.7 Å². The van der Waals surface area contributed by atoms with Crippen LogP contribution >= 0.6 is 0 Å². The molecule has 0 bridgehead atoms. The number of benzene rings is 1. The van der Waals surface area contributed by atoms with Crippen LogP contribution in [0.15, 0.2) is 30.3 Å². The van der Waals surface area contributed by atoms with Gasteiger partial charge in [-0.15, -0.1) is 0 Å². The van der Waals surface area contributed by atoms with E-state index < -0.39 is 6.09 Å². The molecule has 1 aromatic carbocycles. The van der Waals surface area contributed by atoms with Crippen molar-refractivity contribution in [2.45, 2.75) is 19.3 Å². The average Bonchev–Trinajstić information content (AvgIpc) is 2.34. The van der Waals surface area contributed by atoms with E-state index >= 15 is 0 Å². The van der Waals surface area contributed by atoms with E-state index in [1.54, 1.807) is 0 Å². The van der Waals surface area contributed by atoms with Crippen LogP contribution < -0.4 is 0 Å². The lowest BCUT2D eigenvalue weighted by atomic mass is 10.1. The Hall–Kier alpha value is -1.55. The van der Waals surface area contributed by atoms with Crippen molar-refractivity contribution in [1.29, 1.82) is 0 Å². The maximum Gasteiger partial charge on any atom is 0.407 e. The maximum absolute atomic E-state index is 11.0. The summed E-state index contributed by atoms with van der Waals surface area (Å²) in [7, 11) is 0. The van der Waals surface area contributed by atoms with E-state index in [9.17, 15) is 4.79 Å². The quantitative estimate of drug-likeness (QED) is 0.713. The number of nitrogens with zero attached hydrogens (tertiary/aromatic N) is 1. The molecular weight excluding hydrogens is 218 g/mol. The number of aliphatic hydroxyl groups excluding tert-OH is 1. The van der Waals surface area contributed by atoms with Gasteiger partial charge in [0.1, 0.15) is 0 Å². The van der Waals surface area contributed by atoms with E-state index in [1.165, 1.54) is 4.90 Å². The summed E-state index contributed by atoms with van der Waals surface area (Å²) in [5.74, 6) is 0. The van der Waals surface area contributed by atoms with E-state index in [2.05, 4.69) is 0 Å². The second kappa shape index (κ2) is 7.68. The smallest absolute Gasteiger partial charge is 0.407 e. The average molecular weight is 237 g/mol. The number of aliphatic hydroxyl groups is 1. The molecule has 0 spiro atoms. The number of rotatable bonds is 7. The van der Waals surface area contributed by atoms with Gasteiger partial charge < -0.3 is 15.1 Å². The summed E-state index contributed by atoms with van der Waals surface area (Å²) in [4.78, 5) is 12.4. The molecule has 0 heterocycles. The van der Waals surface area contributed by atoms with Crippen LogP contribution in [0.25, 0.3) is 0 Å². The minimum Gasteiger partial charge on any atom is -0.465 e. The van der Waals surface area contributed by atoms with Crippen molar-refractivity contribution in [2.24, 2.45) is 0 Å². The highest BCUT2D eigenvalue weighted by molar-refractivity contribution is 5.64. The Morgan fingerprint density at radius 2 is 1.82 bits per heavy atom. The second-order valence-electron chi connectivity index (χ2n) is 3.94. The Balaban J connectivity index is 2.36. The fourth-order valence-electron chi connectivity index (χ4n) is 1.63. The molecule has 1 rings (SSSR count). The van der Waals surface area contributed by atoms with Crippen molar-refractivity contribution in [3.8, 4) is 0 Å². The highest BCUT2D eigenvalue weighted by Gasteiger charge is 2.10. The van der Waals surface area contributed by atoms with Crippen LogP contribution in [0.1, 0.15) is 18.4 Å². The molecule has 94 valence electrons. The van der Waals surface area contributed by atoms with Gasteiger partial charge in [0, 0.05) is 19.7 Å². The molecule has 4 heteroatoms. The van der Waals surface area contributed by atoms with Gasteiger partial charge in [-0.1, -0.05) is 30.3 Å². The molecule has 0 saturated carbocycles. The van der Waals surface area contributed by atoms with Crippen molar-refractivity contribution in [3.05, 3.63) is 35.9 Å². The molecule has 4 nitrogen and oxygen atoms in total. The first kappa shape index (κ1) is 13.5. The lowest BCUT2D eigenvalue weighted by Crippen LogP contribution is -2.32. The van der Waals surface area contributed by atoms with Crippen molar-refractivity contribution >= 4 is 6.09 Å². The zero-order valence-corrected chi connectivity index (χ0v) is 9.88. The number of unbranched alkanes of at least 4 members (excludes halogenated alkanes) is 1. The molecule has 0 atom stereocenters. The van der Waals surface area contributed by atoms with Crippen molar-refractivity contribution < 1.29 is 15.0 Å². The van der Waals surface area contributed by atoms with Crippen LogP contribution in [-0.2, 0) is 6.42 Å². The maximum atomic E-state index is 11.0. The third-order valence-electron chi connectivity index (χ3n) is 2.62. The summed E-state index contributed by atoms with van der Waals surface area (Å²) < 4.78 is 0. The molecule has 1 amide bonds. The summed E-state index contributed by atoms with van der Waals surface area (Å²) in [6.45, 7) is 1.11. The van der Waals surface area contributed by atoms with Gasteiger partial charge in [0.25, 0.3) is 0 Å². The van der Waals surface area contributed by atoms with E-state index in [4.69, 9.17) is 10.2 Å². The minimum atomic E-state index is -0.890. The largest absolute Gasteiger partial charge is 0.465 e. The minimum absolute atomic E-state index is 0.117. The highest BCUT2D eigenvalue weighted by atomic mass is 16.4. The molecule has 17 heavy (non-hydrogen) atoms. The number of hydrogen-bond acceptors (Lipinski definition) is 2. The molecule has 1 aromatic rings. The number of amides is 1. The summed E-state index contributed by atoms with van der Waals surface area (Å²) in [5, 5.41) is 17.7. The van der Waals surface area contributed by atoms with E-state index in [0.717, 1.165) is 12.0 Å². The fourth-order valence-corrected chi connectivity index (χ4v) is 1.63. The number of hydrogen-bond donors (Lipinski definition) is 2. The topological polar surface area (TPSA) is 60.8 Å². The van der Waals surface area contributed by atoms with Gasteiger partial charge in [0.2, 0.25) is 0 Å². The van der Waals surface area contributed by atoms with Crippen LogP contribution in [-0.4, -0.2) is 40.9 Å². The number of carboxylic acid groups (broad SMARTS) is 1. The molecule has 2 N–H and O–H groups in total. The predicted octanol–water partition coefficient (Wildman–Crippen LogP) is 1.98. The van der Waals surface area contributed by atoms with Gasteiger partial charge in [0.05, 0.1) is 0 Å². The molecule has 0 unspecified atom stereocenters. The van der Waals surface area contributed by atoms with Crippen LogP contribution in [0.5, 0.6) is 0 Å². The van der Waals surface area contributed by atoms with Crippen molar-refractivity contribution in [1.82, 2.24) is 4.90 Å². The highest BCUT2D eigenvalue weighted by Crippen LogP contribution is 2.03. The van der Waals surface area contributed by atoms with Crippen LogP contribution in [0, 0.1) is 0 Å². The number of carbonyl (C=O) groups is 1. The molecule has 0 aliphatic carbocycles. The first-order valence-corrected chi connectivity index (χ1v) is 5.86. The van der Waals surface area contributed by atoms with Crippen LogP contribution in [0.3, 0.4) is 0 Å². The Labute approximate surface area is 101 Å². The zero-order chi connectivity index (χ0) is 12.5. The summed E-state index contributed by atoms with van der Waals surface area (Å²) in [6.07, 6.45) is 1.19. The molecule has 0 aromatic heterocycles. The van der Waals surface area contributed by atoms with Gasteiger partial charge in [-0.3, -0.25) is 0 Å². The first-order chi connectivity index (χ1) is 8.24. The molecule has 0 radical (unpaired) electrons. The van der Waals surface area contributed by atoms with Gasteiger partial charge in [-0.25, -0.2) is 4.79 Å². The van der Waals surface area contributed by atoms with Gasteiger partial charge in [-0.2, -0.15) is 0 Å². The lowest BCUT2D eigenvalue weighted by Gasteiger charge is -2.18. The fraction of sp³-hybridized carbons (Fsp3) is 0.462. The molecular formula is C13H19NO3. The zero-order valence-electron chi connectivity index (χ0n) is 9.88. The SMILES string of the molecule is O=C(O)N(CCCCO)CCc1ccccc1. The van der Waals surface area contributed by atoms with Gasteiger partial charge >= 0.3 is 6.09 Å². The Bertz CT molecular complexity index is 327. The predicted molar refractivity (Wildman–Crippen MR) is 66.1 cm³/mol. The van der Waals surface area contributed by atoms with Crippen LogP contribution in [0.2, 0.25) is 0 Å². The third-order valence-corrected chi connectivity index (χ3v) is 2.62. The third kappa shape index (κ3) is 5.36. The summed E-state index contributed by atoms with van der Waals surface area (Å²) in [6, 6.07) is 9.83. The molecule has 0 saturated heterocycles. The Kier molecular flexibility index (Phi) is 6.10. The molecule has 0 aliphatic rings. The van der Waals surface area contributed by atoms with Gasteiger partial charge in [-0.05, 0) is 24.8 Å². The lowest BCUT2D eigenvalue weighted by molar-refractivity contribution is 0.143. The normalized spacial score (nSPS) is 10.2. The van der Waals surface area contributed by atoms with Crippen LogP contribution in [0.4, 0.5) is 4.79 Å². The van der Waals surface area contributed by atoms with E-state index in [1.807, 2.05) is 30.3 Å². The van der Waals surface area contributed by atoms with E-state index in [0.29, 0.717) is 25.9 Å². The van der Waals surface area contributed by atoms with Gasteiger partial charge in [0.15, 0.2) is 0 Å². The monoisotopic (exact) mass is 237 g/mol. The summed E-state index contributed by atoms with van der Waals surface area (Å²) >= 11 is 0. The Morgan fingerprint density at radius 3 is 2.41 bits per heavy atom. The Morgan fingerprint density at radius 1 is 1.12 bits per heavy atom. The summed E-state index contributed by atoms with van der Waals surface area (Å²) in [5.41, 5.74) is 1.14. The van der Waals surface area contributed by atoms with Crippen molar-refractivity contribution in [3.63, 3.8) is 0 Å². The molecule has 0 aliphatic heterocycles. The van der Waals surface area contributed by atoms with E-state index in [-0.39, 0.29) is 6.61 Å². The first-order valence-electron chi connectivity index (χ1n) is 5.86. The molecule has 0 fully saturated rings.